The molecule has 7 nitrogen and oxygen atoms in total. The van der Waals surface area contributed by atoms with Crippen LogP contribution in [-0.4, -0.2) is 40.0 Å². The molecule has 1 aliphatic heterocycles. The van der Waals surface area contributed by atoms with Gasteiger partial charge in [0.1, 0.15) is 11.6 Å². The minimum absolute atomic E-state index is 0.0186. The molecule has 2 atom stereocenters. The third-order valence-electron chi connectivity index (χ3n) is 8.31. The van der Waals surface area contributed by atoms with E-state index >= 15 is 4.39 Å². The van der Waals surface area contributed by atoms with Crippen molar-refractivity contribution in [3.05, 3.63) is 111 Å². The molecule has 6 rings (SSSR count). The lowest BCUT2D eigenvalue weighted by atomic mass is 9.84. The van der Waals surface area contributed by atoms with Crippen molar-refractivity contribution in [2.45, 2.75) is 58.0 Å². The Morgan fingerprint density at radius 1 is 0.913 bits per heavy atom. The maximum absolute atomic E-state index is 15.8. The zero-order valence-corrected chi connectivity index (χ0v) is 25.5. The maximum atomic E-state index is 15.8. The molecule has 1 fully saturated rings. The Morgan fingerprint density at radius 3 is 2.17 bits per heavy atom. The zero-order chi connectivity index (χ0) is 33.0. The first-order valence-corrected chi connectivity index (χ1v) is 14.7. The van der Waals surface area contributed by atoms with Gasteiger partial charge < -0.3 is 18.7 Å². The van der Waals surface area contributed by atoms with Gasteiger partial charge in [-0.3, -0.25) is 4.79 Å². The average molecular weight is 639 g/mol. The number of ether oxygens (including phenoxy) is 1. The van der Waals surface area contributed by atoms with Gasteiger partial charge in [0.2, 0.25) is 17.1 Å². The molecular weight excluding hydrogens is 607 g/mol. The van der Waals surface area contributed by atoms with Crippen LogP contribution in [0.25, 0.3) is 22.3 Å². The van der Waals surface area contributed by atoms with Gasteiger partial charge in [-0.05, 0) is 75.2 Å². The standard InChI is InChI=1S/C34H31F5N4O3/c1-19-15-42(16-20(2)45-19)29-14-28-25(13-27(29)36)30(44)26(18-43(28)17-21-5-7-23(8-6-21)34(37,38)39)31-40-32(46-41-31)33(3,4)22-9-11-24(35)12-10-22/h5-14,18-20H,15-17H2,1-4H3. The molecule has 0 aliphatic carbocycles. The van der Waals surface area contributed by atoms with Crippen LogP contribution in [0.3, 0.4) is 0 Å². The molecule has 3 heterocycles. The van der Waals surface area contributed by atoms with Crippen molar-refractivity contribution in [3.8, 4) is 11.4 Å². The summed E-state index contributed by atoms with van der Waals surface area (Å²) in [6.07, 6.45) is -3.29. The highest BCUT2D eigenvalue weighted by molar-refractivity contribution is 5.86. The Hall–Kier alpha value is -4.58. The molecule has 1 saturated heterocycles. The Balaban J connectivity index is 1.48. The lowest BCUT2D eigenvalue weighted by molar-refractivity contribution is -0.137. The van der Waals surface area contributed by atoms with Crippen molar-refractivity contribution in [2.75, 3.05) is 18.0 Å². The maximum Gasteiger partial charge on any atom is 0.416 e. The zero-order valence-electron chi connectivity index (χ0n) is 25.5. The summed E-state index contributed by atoms with van der Waals surface area (Å²) in [7, 11) is 0. The van der Waals surface area contributed by atoms with Crippen LogP contribution in [0.15, 0.2) is 76.2 Å². The Kier molecular flexibility index (Phi) is 7.95. The molecule has 12 heteroatoms. The molecule has 0 spiro atoms. The highest BCUT2D eigenvalue weighted by atomic mass is 19.4. The predicted octanol–water partition coefficient (Wildman–Crippen LogP) is 7.34. The molecule has 0 bridgehead atoms. The average Bonchev–Trinajstić information content (AvgIpc) is 3.49. The summed E-state index contributed by atoms with van der Waals surface area (Å²) >= 11 is 0. The molecule has 46 heavy (non-hydrogen) atoms. The molecule has 2 aromatic heterocycles. The molecule has 0 N–H and O–H groups in total. The van der Waals surface area contributed by atoms with E-state index in [2.05, 4.69) is 10.1 Å². The summed E-state index contributed by atoms with van der Waals surface area (Å²) < 4.78 is 82.1. The first-order valence-electron chi connectivity index (χ1n) is 14.7. The lowest BCUT2D eigenvalue weighted by Crippen LogP contribution is -2.45. The summed E-state index contributed by atoms with van der Waals surface area (Å²) in [5.74, 6) is -0.877. The van der Waals surface area contributed by atoms with Crippen molar-refractivity contribution in [3.63, 3.8) is 0 Å². The smallest absolute Gasteiger partial charge is 0.372 e. The van der Waals surface area contributed by atoms with Crippen LogP contribution in [0, 0.1) is 11.6 Å². The molecule has 0 saturated carbocycles. The van der Waals surface area contributed by atoms with Crippen LogP contribution in [0.2, 0.25) is 0 Å². The first-order chi connectivity index (χ1) is 21.7. The number of alkyl halides is 3. The van der Waals surface area contributed by atoms with E-state index in [1.165, 1.54) is 36.5 Å². The number of nitrogens with zero attached hydrogens (tertiary/aromatic N) is 4. The topological polar surface area (TPSA) is 73.4 Å². The minimum atomic E-state index is -4.49. The van der Waals surface area contributed by atoms with E-state index in [4.69, 9.17) is 9.26 Å². The van der Waals surface area contributed by atoms with Crippen molar-refractivity contribution >= 4 is 16.6 Å². The number of morpholine rings is 1. The third-order valence-corrected chi connectivity index (χ3v) is 8.31. The highest BCUT2D eigenvalue weighted by Gasteiger charge is 2.32. The Bertz CT molecular complexity index is 1940. The number of fused-ring (bicyclic) bond motifs is 1. The lowest BCUT2D eigenvalue weighted by Gasteiger charge is -2.37. The first kappa shape index (κ1) is 31.4. The van der Waals surface area contributed by atoms with Gasteiger partial charge >= 0.3 is 6.18 Å². The molecule has 0 amide bonds. The van der Waals surface area contributed by atoms with E-state index in [-0.39, 0.29) is 47.1 Å². The predicted molar refractivity (Wildman–Crippen MR) is 163 cm³/mol. The van der Waals surface area contributed by atoms with E-state index in [1.54, 1.807) is 22.8 Å². The number of hydrogen-bond acceptors (Lipinski definition) is 6. The van der Waals surface area contributed by atoms with Crippen LogP contribution in [0.5, 0.6) is 0 Å². The largest absolute Gasteiger partial charge is 0.416 e. The number of aromatic nitrogens is 3. The molecule has 5 aromatic rings. The van der Waals surface area contributed by atoms with Gasteiger partial charge in [-0.1, -0.05) is 29.4 Å². The van der Waals surface area contributed by atoms with Crippen LogP contribution in [0.1, 0.15) is 50.3 Å². The van der Waals surface area contributed by atoms with Crippen molar-refractivity contribution in [1.29, 1.82) is 0 Å². The van der Waals surface area contributed by atoms with Gasteiger partial charge in [-0.15, -0.1) is 0 Å². The highest BCUT2D eigenvalue weighted by Crippen LogP contribution is 2.34. The molecule has 0 radical (unpaired) electrons. The molecule has 240 valence electrons. The van der Waals surface area contributed by atoms with E-state index in [0.29, 0.717) is 29.7 Å². The summed E-state index contributed by atoms with van der Waals surface area (Å²) in [5.41, 5.74) is -0.270. The fraction of sp³-hybridized carbons (Fsp3) is 0.324. The molecule has 3 aromatic carbocycles. The monoisotopic (exact) mass is 638 g/mol. The fourth-order valence-electron chi connectivity index (χ4n) is 5.88. The number of benzene rings is 3. The summed E-state index contributed by atoms with van der Waals surface area (Å²) in [6.45, 7) is 8.34. The van der Waals surface area contributed by atoms with Crippen molar-refractivity contribution in [2.24, 2.45) is 0 Å². The Morgan fingerprint density at radius 2 is 1.54 bits per heavy atom. The summed E-state index contributed by atoms with van der Waals surface area (Å²) in [4.78, 5) is 20.3. The second-order valence-electron chi connectivity index (χ2n) is 12.2. The second-order valence-corrected chi connectivity index (χ2v) is 12.2. The normalized spacial score (nSPS) is 17.5. The summed E-state index contributed by atoms with van der Waals surface area (Å²) in [6, 6.07) is 13.3. The van der Waals surface area contributed by atoms with Gasteiger partial charge in [0.05, 0.1) is 40.0 Å². The van der Waals surface area contributed by atoms with E-state index in [0.717, 1.165) is 12.1 Å². The van der Waals surface area contributed by atoms with Crippen LogP contribution in [0.4, 0.5) is 27.6 Å². The third kappa shape index (κ3) is 6.01. The van der Waals surface area contributed by atoms with E-state index in [9.17, 15) is 22.4 Å². The number of anilines is 1. The van der Waals surface area contributed by atoms with E-state index in [1.807, 2.05) is 32.6 Å². The number of halogens is 5. The van der Waals surface area contributed by atoms with Gasteiger partial charge in [-0.2, -0.15) is 18.2 Å². The van der Waals surface area contributed by atoms with Crippen molar-refractivity contribution < 1.29 is 31.2 Å². The molecule has 2 unspecified atom stereocenters. The van der Waals surface area contributed by atoms with Gasteiger partial charge in [0, 0.05) is 31.2 Å². The van der Waals surface area contributed by atoms with Gasteiger partial charge in [0.25, 0.3) is 0 Å². The minimum Gasteiger partial charge on any atom is -0.372 e. The van der Waals surface area contributed by atoms with Crippen LogP contribution < -0.4 is 10.3 Å². The number of hydrogen-bond donors (Lipinski definition) is 0. The Labute approximate surface area is 261 Å². The fourth-order valence-corrected chi connectivity index (χ4v) is 5.88. The number of pyridine rings is 1. The molecular formula is C34H31F5N4O3. The molecule has 1 aliphatic rings. The second kappa shape index (κ2) is 11.7. The SMILES string of the molecule is CC1CN(c2cc3c(cc2F)c(=O)c(-c2noc(C(C)(C)c4ccc(F)cc4)n2)cn3Cc2ccc(C(F)(F)F)cc2)CC(C)O1. The van der Waals surface area contributed by atoms with Crippen LogP contribution >= 0.6 is 0 Å². The van der Waals surface area contributed by atoms with Crippen molar-refractivity contribution in [1.82, 2.24) is 14.7 Å². The summed E-state index contributed by atoms with van der Waals surface area (Å²) in [5, 5.41) is 4.11. The van der Waals surface area contributed by atoms with Crippen LogP contribution in [-0.2, 0) is 22.9 Å². The van der Waals surface area contributed by atoms with Gasteiger partial charge in [0.15, 0.2) is 0 Å². The quantitative estimate of drug-likeness (QED) is 0.181. The van der Waals surface area contributed by atoms with E-state index < -0.39 is 34.2 Å². The van der Waals surface area contributed by atoms with Gasteiger partial charge in [-0.25, -0.2) is 8.78 Å². The number of rotatable bonds is 6.